The second-order valence-corrected chi connectivity index (χ2v) is 5.61. The Morgan fingerprint density at radius 2 is 1.68 bits per heavy atom. The van der Waals surface area contributed by atoms with Crippen LogP contribution >= 0.6 is 15.9 Å². The van der Waals surface area contributed by atoms with E-state index in [9.17, 15) is 9.59 Å². The minimum absolute atomic E-state index is 0.250. The summed E-state index contributed by atoms with van der Waals surface area (Å²) in [6, 6.07) is 11.9. The van der Waals surface area contributed by atoms with E-state index in [4.69, 9.17) is 9.47 Å². The van der Waals surface area contributed by atoms with Gasteiger partial charge < -0.3 is 9.47 Å². The molecule has 2 rings (SSSR count). The Bertz CT molecular complexity index is 692. The monoisotopic (exact) mass is 362 g/mol. The summed E-state index contributed by atoms with van der Waals surface area (Å²) >= 11 is 3.30. The number of aryl methyl sites for hydroxylation is 1. The zero-order valence-corrected chi connectivity index (χ0v) is 13.8. The van der Waals surface area contributed by atoms with Crippen LogP contribution in [0.15, 0.2) is 46.9 Å². The number of benzene rings is 2. The first-order valence-electron chi connectivity index (χ1n) is 6.62. The Labute approximate surface area is 137 Å². The number of esters is 1. The van der Waals surface area contributed by atoms with Crippen LogP contribution in [0.5, 0.6) is 5.75 Å². The molecule has 0 bridgehead atoms. The molecule has 0 radical (unpaired) electrons. The van der Waals surface area contributed by atoms with Gasteiger partial charge in [0.15, 0.2) is 12.4 Å². The Morgan fingerprint density at radius 3 is 2.32 bits per heavy atom. The maximum Gasteiger partial charge on any atom is 0.338 e. The molecule has 0 saturated heterocycles. The van der Waals surface area contributed by atoms with Gasteiger partial charge in [0, 0.05) is 10.0 Å². The number of rotatable bonds is 5. The number of halogens is 1. The molecule has 5 heteroatoms. The van der Waals surface area contributed by atoms with Crippen LogP contribution in [0, 0.1) is 6.92 Å². The summed E-state index contributed by atoms with van der Waals surface area (Å²) in [7, 11) is 1.54. The van der Waals surface area contributed by atoms with E-state index in [1.807, 2.05) is 6.92 Å². The van der Waals surface area contributed by atoms with Crippen molar-refractivity contribution in [3.05, 3.63) is 63.6 Å². The molecule has 22 heavy (non-hydrogen) atoms. The number of hydrogen-bond donors (Lipinski definition) is 0. The second kappa shape index (κ2) is 7.22. The number of ether oxygens (including phenoxy) is 2. The molecule has 0 amide bonds. The molecule has 0 aliphatic rings. The van der Waals surface area contributed by atoms with Crippen molar-refractivity contribution in [1.82, 2.24) is 0 Å². The van der Waals surface area contributed by atoms with E-state index in [2.05, 4.69) is 15.9 Å². The average Bonchev–Trinajstić information content (AvgIpc) is 2.53. The van der Waals surface area contributed by atoms with E-state index in [0.29, 0.717) is 16.9 Å². The first-order chi connectivity index (χ1) is 10.5. The molecular formula is C17H15BrO4. The highest BCUT2D eigenvalue weighted by molar-refractivity contribution is 9.10. The van der Waals surface area contributed by atoms with Crippen LogP contribution in [0.25, 0.3) is 0 Å². The van der Waals surface area contributed by atoms with E-state index in [0.717, 1.165) is 10.0 Å². The van der Waals surface area contributed by atoms with Gasteiger partial charge in [-0.3, -0.25) is 4.79 Å². The van der Waals surface area contributed by atoms with Crippen molar-refractivity contribution in [3.63, 3.8) is 0 Å². The molecule has 0 atom stereocenters. The number of hydrogen-bond acceptors (Lipinski definition) is 4. The van der Waals surface area contributed by atoms with E-state index < -0.39 is 5.97 Å². The van der Waals surface area contributed by atoms with E-state index in [-0.39, 0.29) is 12.4 Å². The van der Waals surface area contributed by atoms with Gasteiger partial charge in [-0.2, -0.15) is 0 Å². The molecule has 0 spiro atoms. The summed E-state index contributed by atoms with van der Waals surface area (Å²) in [5.74, 6) is -0.197. The smallest absolute Gasteiger partial charge is 0.338 e. The van der Waals surface area contributed by atoms with Crippen molar-refractivity contribution in [2.75, 3.05) is 13.7 Å². The van der Waals surface area contributed by atoms with E-state index in [1.54, 1.807) is 42.5 Å². The SMILES string of the molecule is COc1cc(C(=O)OCC(=O)c2ccc(Br)cc2)ccc1C. The first-order valence-corrected chi connectivity index (χ1v) is 7.41. The third-order valence-corrected chi connectivity index (χ3v) is 3.67. The third kappa shape index (κ3) is 3.95. The molecule has 114 valence electrons. The zero-order valence-electron chi connectivity index (χ0n) is 12.3. The summed E-state index contributed by atoms with van der Waals surface area (Å²) in [4.78, 5) is 23.9. The summed E-state index contributed by atoms with van der Waals surface area (Å²) in [6.07, 6.45) is 0. The van der Waals surface area contributed by atoms with Crippen LogP contribution in [0.4, 0.5) is 0 Å². The molecule has 0 fully saturated rings. The molecule has 2 aromatic rings. The number of methoxy groups -OCH3 is 1. The number of carbonyl (C=O) groups excluding carboxylic acids is 2. The quantitative estimate of drug-likeness (QED) is 0.599. The molecule has 0 unspecified atom stereocenters. The number of ketones is 1. The normalized spacial score (nSPS) is 10.1. The van der Waals surface area contributed by atoms with Crippen LogP contribution in [0.3, 0.4) is 0 Å². The topological polar surface area (TPSA) is 52.6 Å². The lowest BCUT2D eigenvalue weighted by atomic mass is 10.1. The summed E-state index contributed by atoms with van der Waals surface area (Å²) in [5, 5.41) is 0. The van der Waals surface area contributed by atoms with Crippen LogP contribution in [0.1, 0.15) is 26.3 Å². The Morgan fingerprint density at radius 1 is 1.05 bits per heavy atom. The summed E-state index contributed by atoms with van der Waals surface area (Å²) < 4.78 is 11.1. The Balaban J connectivity index is 2.00. The molecule has 0 aliphatic heterocycles. The highest BCUT2D eigenvalue weighted by Crippen LogP contribution is 2.19. The zero-order chi connectivity index (χ0) is 16.1. The lowest BCUT2D eigenvalue weighted by molar-refractivity contribution is 0.0474. The van der Waals surface area contributed by atoms with Gasteiger partial charge in [0.2, 0.25) is 0 Å². The second-order valence-electron chi connectivity index (χ2n) is 4.69. The Kier molecular flexibility index (Phi) is 5.33. The summed E-state index contributed by atoms with van der Waals surface area (Å²) in [5.41, 5.74) is 1.77. The molecule has 2 aromatic carbocycles. The molecule has 0 heterocycles. The van der Waals surface area contributed by atoms with Crippen molar-refractivity contribution in [1.29, 1.82) is 0 Å². The van der Waals surface area contributed by atoms with Crippen molar-refractivity contribution < 1.29 is 19.1 Å². The molecule has 0 aliphatic carbocycles. The average molecular weight is 363 g/mol. The van der Waals surface area contributed by atoms with Crippen LogP contribution < -0.4 is 4.74 Å². The fraction of sp³-hybridized carbons (Fsp3) is 0.176. The lowest BCUT2D eigenvalue weighted by Crippen LogP contribution is -2.14. The van der Waals surface area contributed by atoms with Gasteiger partial charge in [-0.15, -0.1) is 0 Å². The molecule has 0 saturated carbocycles. The standard InChI is InChI=1S/C17H15BrO4/c1-11-3-4-13(9-16(11)21-2)17(20)22-10-15(19)12-5-7-14(18)8-6-12/h3-9H,10H2,1-2H3. The molecule has 4 nitrogen and oxygen atoms in total. The van der Waals surface area contributed by atoms with Crippen molar-refractivity contribution in [3.8, 4) is 5.75 Å². The number of carbonyl (C=O) groups is 2. The lowest BCUT2D eigenvalue weighted by Gasteiger charge is -2.08. The van der Waals surface area contributed by atoms with Gasteiger partial charge in [-0.1, -0.05) is 34.1 Å². The Hall–Kier alpha value is -2.14. The van der Waals surface area contributed by atoms with Gasteiger partial charge in [0.05, 0.1) is 12.7 Å². The molecular weight excluding hydrogens is 348 g/mol. The van der Waals surface area contributed by atoms with Crippen molar-refractivity contribution >= 4 is 27.7 Å². The minimum Gasteiger partial charge on any atom is -0.496 e. The van der Waals surface area contributed by atoms with Crippen molar-refractivity contribution in [2.24, 2.45) is 0 Å². The highest BCUT2D eigenvalue weighted by Gasteiger charge is 2.13. The molecule has 0 N–H and O–H groups in total. The van der Waals surface area contributed by atoms with Gasteiger partial charge in [0.25, 0.3) is 0 Å². The van der Waals surface area contributed by atoms with Crippen LogP contribution in [0.2, 0.25) is 0 Å². The van der Waals surface area contributed by atoms with Gasteiger partial charge >= 0.3 is 5.97 Å². The van der Waals surface area contributed by atoms with Crippen LogP contribution in [-0.2, 0) is 4.74 Å². The fourth-order valence-corrected chi connectivity index (χ4v) is 2.14. The van der Waals surface area contributed by atoms with Crippen LogP contribution in [-0.4, -0.2) is 25.5 Å². The van der Waals surface area contributed by atoms with Gasteiger partial charge in [-0.05, 0) is 36.8 Å². The maximum absolute atomic E-state index is 12.0. The third-order valence-electron chi connectivity index (χ3n) is 3.14. The van der Waals surface area contributed by atoms with Crippen molar-refractivity contribution in [2.45, 2.75) is 6.92 Å². The largest absolute Gasteiger partial charge is 0.496 e. The summed E-state index contributed by atoms with van der Waals surface area (Å²) in [6.45, 7) is 1.58. The first kappa shape index (κ1) is 16.2. The minimum atomic E-state index is -0.552. The highest BCUT2D eigenvalue weighted by atomic mass is 79.9. The fourth-order valence-electron chi connectivity index (χ4n) is 1.88. The predicted octanol–water partition coefficient (Wildman–Crippen LogP) is 3.81. The number of Topliss-reactive ketones (excluding diaryl/α,β-unsaturated/α-hetero) is 1. The van der Waals surface area contributed by atoms with E-state index >= 15 is 0 Å². The molecule has 0 aromatic heterocycles. The maximum atomic E-state index is 12.0. The van der Waals surface area contributed by atoms with Gasteiger partial charge in [0.1, 0.15) is 5.75 Å². The van der Waals surface area contributed by atoms with E-state index in [1.165, 1.54) is 7.11 Å². The van der Waals surface area contributed by atoms with Gasteiger partial charge in [-0.25, -0.2) is 4.79 Å². The predicted molar refractivity (Wildman–Crippen MR) is 86.5 cm³/mol.